The van der Waals surface area contributed by atoms with Crippen LogP contribution in [0.1, 0.15) is 46.3 Å². The van der Waals surface area contributed by atoms with Crippen LogP contribution in [0.4, 0.5) is 18.9 Å². The SMILES string of the molecule is CCCc1c(-n2cnc3cc(NC(=O)c4ccccc4)ccc32)ccc2c1C(C(=O)NCC(F)(F)F)c1ccccc1-2. The Morgan fingerprint density at radius 3 is 2.45 bits per heavy atom. The van der Waals surface area contributed by atoms with Gasteiger partial charge in [-0.15, -0.1) is 0 Å². The number of aromatic nitrogens is 2. The number of rotatable bonds is 7. The summed E-state index contributed by atoms with van der Waals surface area (Å²) >= 11 is 0. The number of imidazole rings is 1. The number of hydrogen-bond acceptors (Lipinski definition) is 3. The summed E-state index contributed by atoms with van der Waals surface area (Å²) in [5, 5.41) is 5.02. The Morgan fingerprint density at radius 2 is 1.69 bits per heavy atom. The van der Waals surface area contributed by atoms with Crippen LogP contribution in [0.15, 0.2) is 91.3 Å². The van der Waals surface area contributed by atoms with Crippen LogP contribution in [-0.2, 0) is 11.2 Å². The van der Waals surface area contributed by atoms with Gasteiger partial charge in [-0.1, -0.05) is 61.9 Å². The van der Waals surface area contributed by atoms with Crippen LogP contribution in [-0.4, -0.2) is 34.1 Å². The average molecular weight is 569 g/mol. The van der Waals surface area contributed by atoms with Gasteiger partial charge in [0.1, 0.15) is 12.9 Å². The predicted molar refractivity (Wildman–Crippen MR) is 156 cm³/mol. The fourth-order valence-electron chi connectivity index (χ4n) is 5.74. The standard InChI is InChI=1S/C33H27F3N4O2/c1-2-8-25-27(40-19-38-26-17-21(13-15-28(26)40)39-31(41)20-9-4-3-5-10-20)16-14-24-22-11-6-7-12-23(22)30(29(24)25)32(42)37-18-33(34,35)36/h3-7,9-17,19,30H,2,8,18H2,1H3,(H,37,42)(H,39,41). The third-order valence-corrected chi connectivity index (χ3v) is 7.51. The lowest BCUT2D eigenvalue weighted by Crippen LogP contribution is -2.37. The molecule has 0 spiro atoms. The van der Waals surface area contributed by atoms with Gasteiger partial charge in [-0.05, 0) is 70.6 Å². The summed E-state index contributed by atoms with van der Waals surface area (Å²) in [5.41, 5.74) is 7.39. The zero-order valence-corrected chi connectivity index (χ0v) is 22.7. The minimum atomic E-state index is -4.51. The van der Waals surface area contributed by atoms with Gasteiger partial charge in [0.25, 0.3) is 5.91 Å². The molecule has 5 aromatic rings. The van der Waals surface area contributed by atoms with E-state index < -0.39 is 24.5 Å². The Kier molecular flexibility index (Phi) is 7.02. The molecular weight excluding hydrogens is 541 g/mol. The van der Waals surface area contributed by atoms with Crippen LogP contribution in [0, 0.1) is 0 Å². The predicted octanol–water partition coefficient (Wildman–Crippen LogP) is 7.02. The van der Waals surface area contributed by atoms with E-state index in [4.69, 9.17) is 0 Å². The largest absolute Gasteiger partial charge is 0.405 e. The number of nitrogens with one attached hydrogen (secondary N) is 2. The van der Waals surface area contributed by atoms with Gasteiger partial charge >= 0.3 is 6.18 Å². The molecular formula is C33H27F3N4O2. The molecule has 2 N–H and O–H groups in total. The lowest BCUT2D eigenvalue weighted by atomic mass is 9.89. The van der Waals surface area contributed by atoms with E-state index in [-0.39, 0.29) is 5.91 Å². The van der Waals surface area contributed by atoms with Crippen LogP contribution in [0.3, 0.4) is 0 Å². The van der Waals surface area contributed by atoms with Gasteiger partial charge in [0.05, 0.1) is 22.6 Å². The average Bonchev–Trinajstić information content (AvgIpc) is 3.55. The molecule has 1 aliphatic carbocycles. The second-order valence-electron chi connectivity index (χ2n) is 10.3. The zero-order chi connectivity index (χ0) is 29.4. The second kappa shape index (κ2) is 10.8. The van der Waals surface area contributed by atoms with E-state index in [1.54, 1.807) is 54.9 Å². The number of nitrogens with zero attached hydrogens (tertiary/aromatic N) is 2. The number of carbonyl (C=O) groups excluding carboxylic acids is 2. The molecule has 212 valence electrons. The molecule has 42 heavy (non-hydrogen) atoms. The van der Waals surface area contributed by atoms with Gasteiger partial charge in [-0.2, -0.15) is 13.2 Å². The molecule has 0 bridgehead atoms. The molecule has 1 heterocycles. The second-order valence-corrected chi connectivity index (χ2v) is 10.3. The summed E-state index contributed by atoms with van der Waals surface area (Å²) in [6.07, 6.45) is -1.45. The van der Waals surface area contributed by atoms with Gasteiger partial charge < -0.3 is 10.6 Å². The molecule has 1 aliphatic rings. The molecule has 6 rings (SSSR count). The zero-order valence-electron chi connectivity index (χ0n) is 22.7. The normalized spacial score (nSPS) is 14.0. The van der Waals surface area contributed by atoms with Gasteiger partial charge in [0.15, 0.2) is 0 Å². The molecule has 9 heteroatoms. The number of amides is 2. The summed E-state index contributed by atoms with van der Waals surface area (Å²) in [6, 6.07) is 25.7. The molecule has 1 aromatic heterocycles. The van der Waals surface area contributed by atoms with E-state index in [0.717, 1.165) is 39.9 Å². The van der Waals surface area contributed by atoms with Crippen LogP contribution < -0.4 is 10.6 Å². The maximum Gasteiger partial charge on any atom is 0.405 e. The number of carbonyl (C=O) groups is 2. The van der Waals surface area contributed by atoms with Gasteiger partial charge in [0, 0.05) is 11.3 Å². The van der Waals surface area contributed by atoms with Crippen LogP contribution in [0.5, 0.6) is 0 Å². The molecule has 1 atom stereocenters. The summed E-state index contributed by atoms with van der Waals surface area (Å²) in [7, 11) is 0. The van der Waals surface area contributed by atoms with Gasteiger partial charge in [-0.3, -0.25) is 14.2 Å². The van der Waals surface area contributed by atoms with Crippen molar-refractivity contribution >= 4 is 28.5 Å². The molecule has 0 radical (unpaired) electrons. The molecule has 0 fully saturated rings. The van der Waals surface area contributed by atoms with Gasteiger partial charge in [-0.25, -0.2) is 4.98 Å². The third-order valence-electron chi connectivity index (χ3n) is 7.51. The smallest absolute Gasteiger partial charge is 0.346 e. The van der Waals surface area contributed by atoms with E-state index in [2.05, 4.69) is 15.6 Å². The summed E-state index contributed by atoms with van der Waals surface area (Å²) in [5.74, 6) is -1.77. The van der Waals surface area contributed by atoms with Crippen molar-refractivity contribution in [1.29, 1.82) is 0 Å². The first kappa shape index (κ1) is 27.3. The first-order valence-corrected chi connectivity index (χ1v) is 13.7. The summed E-state index contributed by atoms with van der Waals surface area (Å²) < 4.78 is 41.0. The van der Waals surface area contributed by atoms with E-state index in [9.17, 15) is 22.8 Å². The number of fused-ring (bicyclic) bond motifs is 4. The number of halogens is 3. The Morgan fingerprint density at radius 1 is 0.929 bits per heavy atom. The highest BCUT2D eigenvalue weighted by Gasteiger charge is 2.38. The maximum atomic E-state index is 13.3. The first-order valence-electron chi connectivity index (χ1n) is 13.7. The summed E-state index contributed by atoms with van der Waals surface area (Å²) in [4.78, 5) is 30.6. The van der Waals surface area contributed by atoms with Crippen molar-refractivity contribution in [3.05, 3.63) is 114 Å². The Hall–Kier alpha value is -4.92. The fourth-order valence-corrected chi connectivity index (χ4v) is 5.74. The van der Waals surface area contributed by atoms with Crippen molar-refractivity contribution in [1.82, 2.24) is 14.9 Å². The highest BCUT2D eigenvalue weighted by Crippen LogP contribution is 2.48. The highest BCUT2D eigenvalue weighted by molar-refractivity contribution is 6.05. The quantitative estimate of drug-likeness (QED) is 0.222. The van der Waals surface area contributed by atoms with Crippen LogP contribution in [0.25, 0.3) is 27.8 Å². The molecule has 0 aliphatic heterocycles. The van der Waals surface area contributed by atoms with Crippen LogP contribution in [0.2, 0.25) is 0 Å². The Bertz CT molecular complexity index is 1810. The lowest BCUT2D eigenvalue weighted by Gasteiger charge is -2.21. The van der Waals surface area contributed by atoms with Crippen LogP contribution >= 0.6 is 0 Å². The van der Waals surface area contributed by atoms with E-state index >= 15 is 0 Å². The molecule has 4 aromatic carbocycles. The molecule has 1 unspecified atom stereocenters. The van der Waals surface area contributed by atoms with Crippen molar-refractivity contribution in [2.24, 2.45) is 0 Å². The van der Waals surface area contributed by atoms with Crippen molar-refractivity contribution in [2.75, 3.05) is 11.9 Å². The van der Waals surface area contributed by atoms with E-state index in [1.165, 1.54) is 0 Å². The van der Waals surface area contributed by atoms with Crippen molar-refractivity contribution in [3.63, 3.8) is 0 Å². The minimum Gasteiger partial charge on any atom is -0.346 e. The third kappa shape index (κ3) is 5.02. The fraction of sp³-hybridized carbons (Fsp3) is 0.182. The highest BCUT2D eigenvalue weighted by atomic mass is 19.4. The van der Waals surface area contributed by atoms with Crippen molar-refractivity contribution in [2.45, 2.75) is 31.9 Å². The minimum absolute atomic E-state index is 0.229. The number of benzene rings is 4. The van der Waals surface area contributed by atoms with Gasteiger partial charge in [0.2, 0.25) is 5.91 Å². The number of hydrogen-bond donors (Lipinski definition) is 2. The van der Waals surface area contributed by atoms with Crippen molar-refractivity contribution in [3.8, 4) is 16.8 Å². The Balaban J connectivity index is 1.41. The number of anilines is 1. The monoisotopic (exact) mass is 568 g/mol. The molecule has 0 saturated carbocycles. The lowest BCUT2D eigenvalue weighted by molar-refractivity contribution is -0.138. The summed E-state index contributed by atoms with van der Waals surface area (Å²) in [6.45, 7) is 0.635. The maximum absolute atomic E-state index is 13.3. The topological polar surface area (TPSA) is 76.0 Å². The molecule has 2 amide bonds. The van der Waals surface area contributed by atoms with E-state index in [0.29, 0.717) is 28.8 Å². The Labute approximate surface area is 240 Å². The van der Waals surface area contributed by atoms with Crippen molar-refractivity contribution < 1.29 is 22.8 Å². The molecule has 0 saturated heterocycles. The molecule has 6 nitrogen and oxygen atoms in total. The first-order chi connectivity index (χ1) is 20.2. The number of alkyl halides is 3. The van der Waals surface area contributed by atoms with E-state index in [1.807, 2.05) is 47.9 Å².